The molecule has 1 atom stereocenters. The number of amides is 1. The van der Waals surface area contributed by atoms with Crippen molar-refractivity contribution in [3.05, 3.63) is 0 Å². The van der Waals surface area contributed by atoms with Crippen LogP contribution in [0.2, 0.25) is 0 Å². The Labute approximate surface area is 104 Å². The zero-order chi connectivity index (χ0) is 12.7. The lowest BCUT2D eigenvalue weighted by atomic mass is 9.75. The number of hydrogen-bond donors (Lipinski definition) is 2. The predicted octanol–water partition coefficient (Wildman–Crippen LogP) is 1.31. The number of ether oxygens (including phenoxy) is 1. The van der Waals surface area contributed by atoms with E-state index >= 15 is 0 Å². The first-order chi connectivity index (χ1) is 8.14. The monoisotopic (exact) mass is 242 g/mol. The largest absolute Gasteiger partial charge is 0.380 e. The summed E-state index contributed by atoms with van der Waals surface area (Å²) < 4.78 is 5.32. The Balaban J connectivity index is 2.48. The smallest absolute Gasteiger partial charge is 0.226 e. The summed E-state index contributed by atoms with van der Waals surface area (Å²) >= 11 is 0. The second-order valence-corrected chi connectivity index (χ2v) is 4.92. The quantitative estimate of drug-likeness (QED) is 0.738. The van der Waals surface area contributed by atoms with Gasteiger partial charge in [0.1, 0.15) is 0 Å². The molecule has 17 heavy (non-hydrogen) atoms. The average Bonchev–Trinajstić information content (AvgIpc) is 2.37. The predicted molar refractivity (Wildman–Crippen MR) is 68.9 cm³/mol. The third kappa shape index (κ3) is 3.96. The van der Waals surface area contributed by atoms with Gasteiger partial charge >= 0.3 is 0 Å². The Morgan fingerprint density at radius 2 is 2.06 bits per heavy atom. The van der Waals surface area contributed by atoms with E-state index in [1.807, 2.05) is 13.8 Å². The first-order valence-corrected chi connectivity index (χ1v) is 6.74. The molecule has 2 N–H and O–H groups in total. The maximum absolute atomic E-state index is 12.3. The van der Waals surface area contributed by atoms with Gasteiger partial charge in [0.25, 0.3) is 0 Å². The van der Waals surface area contributed by atoms with Crippen LogP contribution in [0.5, 0.6) is 0 Å². The van der Waals surface area contributed by atoms with E-state index in [1.165, 1.54) is 0 Å². The second kappa shape index (κ2) is 6.97. The van der Waals surface area contributed by atoms with E-state index in [0.29, 0.717) is 13.2 Å². The minimum absolute atomic E-state index is 0.0979. The van der Waals surface area contributed by atoms with Crippen LogP contribution in [0.3, 0.4) is 0 Å². The normalized spacial score (nSPS) is 20.9. The molecular weight excluding hydrogens is 216 g/mol. The van der Waals surface area contributed by atoms with E-state index in [9.17, 15) is 4.79 Å². The maximum Gasteiger partial charge on any atom is 0.226 e. The second-order valence-electron chi connectivity index (χ2n) is 4.92. The molecule has 0 aliphatic carbocycles. The van der Waals surface area contributed by atoms with Gasteiger partial charge in [0.2, 0.25) is 5.91 Å². The van der Waals surface area contributed by atoms with Crippen molar-refractivity contribution >= 4 is 5.91 Å². The lowest BCUT2D eigenvalue weighted by molar-refractivity contribution is -0.134. The minimum Gasteiger partial charge on any atom is -0.380 e. The number of carbonyl (C=O) groups is 1. The molecule has 4 nitrogen and oxygen atoms in total. The van der Waals surface area contributed by atoms with E-state index < -0.39 is 0 Å². The lowest BCUT2D eigenvalue weighted by Crippen LogP contribution is -2.50. The van der Waals surface area contributed by atoms with E-state index in [-0.39, 0.29) is 17.4 Å². The SMILES string of the molecule is CCOCC(C)NC(=O)C1(CC)CCNCC1. The van der Waals surface area contributed by atoms with Gasteiger partial charge in [-0.15, -0.1) is 0 Å². The van der Waals surface area contributed by atoms with Gasteiger partial charge in [0.05, 0.1) is 12.0 Å². The topological polar surface area (TPSA) is 50.4 Å². The van der Waals surface area contributed by atoms with Gasteiger partial charge in [-0.2, -0.15) is 0 Å². The van der Waals surface area contributed by atoms with Crippen LogP contribution in [0, 0.1) is 5.41 Å². The zero-order valence-corrected chi connectivity index (χ0v) is 11.3. The van der Waals surface area contributed by atoms with Crippen molar-refractivity contribution in [2.24, 2.45) is 5.41 Å². The molecule has 1 amide bonds. The molecule has 1 heterocycles. The molecule has 1 fully saturated rings. The van der Waals surface area contributed by atoms with Crippen LogP contribution in [0.4, 0.5) is 0 Å². The number of carbonyl (C=O) groups excluding carboxylic acids is 1. The van der Waals surface area contributed by atoms with Crippen molar-refractivity contribution in [2.75, 3.05) is 26.3 Å². The Morgan fingerprint density at radius 3 is 2.59 bits per heavy atom. The van der Waals surface area contributed by atoms with Crippen molar-refractivity contribution in [1.82, 2.24) is 10.6 Å². The first kappa shape index (κ1) is 14.5. The third-order valence-electron chi connectivity index (χ3n) is 3.67. The average molecular weight is 242 g/mol. The van der Waals surface area contributed by atoms with Crippen molar-refractivity contribution in [1.29, 1.82) is 0 Å². The summed E-state index contributed by atoms with van der Waals surface area (Å²) in [5.41, 5.74) is -0.161. The van der Waals surface area contributed by atoms with Crippen LogP contribution in [-0.2, 0) is 9.53 Å². The van der Waals surface area contributed by atoms with E-state index in [2.05, 4.69) is 17.6 Å². The highest BCUT2D eigenvalue weighted by atomic mass is 16.5. The molecule has 1 aliphatic heterocycles. The van der Waals surface area contributed by atoms with E-state index in [4.69, 9.17) is 4.74 Å². The Hall–Kier alpha value is -0.610. The fourth-order valence-corrected chi connectivity index (χ4v) is 2.36. The summed E-state index contributed by atoms with van der Waals surface area (Å²) in [4.78, 5) is 12.3. The Morgan fingerprint density at radius 1 is 1.41 bits per heavy atom. The van der Waals surface area contributed by atoms with Crippen molar-refractivity contribution < 1.29 is 9.53 Å². The molecular formula is C13H26N2O2. The molecule has 1 rings (SSSR count). The maximum atomic E-state index is 12.3. The number of hydrogen-bond acceptors (Lipinski definition) is 3. The van der Waals surface area contributed by atoms with Gasteiger partial charge in [-0.05, 0) is 46.2 Å². The first-order valence-electron chi connectivity index (χ1n) is 6.74. The summed E-state index contributed by atoms with van der Waals surface area (Å²) in [7, 11) is 0. The van der Waals surface area contributed by atoms with Gasteiger partial charge in [0.15, 0.2) is 0 Å². The van der Waals surface area contributed by atoms with Crippen molar-refractivity contribution in [3.63, 3.8) is 0 Å². The molecule has 1 aliphatic rings. The highest BCUT2D eigenvalue weighted by Crippen LogP contribution is 2.32. The van der Waals surface area contributed by atoms with Crippen molar-refractivity contribution in [3.8, 4) is 0 Å². The third-order valence-corrected chi connectivity index (χ3v) is 3.67. The summed E-state index contributed by atoms with van der Waals surface area (Å²) in [6, 6.07) is 0.0979. The molecule has 0 bridgehead atoms. The number of piperidine rings is 1. The summed E-state index contributed by atoms with van der Waals surface area (Å²) in [6.07, 6.45) is 2.80. The van der Waals surface area contributed by atoms with Gasteiger partial charge in [0, 0.05) is 12.6 Å². The number of rotatable bonds is 6. The summed E-state index contributed by atoms with van der Waals surface area (Å²) in [5, 5.41) is 6.40. The molecule has 1 saturated heterocycles. The molecule has 1 unspecified atom stereocenters. The summed E-state index contributed by atoms with van der Waals surface area (Å²) in [6.45, 7) is 9.26. The van der Waals surface area contributed by atoms with Crippen molar-refractivity contribution in [2.45, 2.75) is 46.1 Å². The van der Waals surface area contributed by atoms with Gasteiger partial charge < -0.3 is 15.4 Å². The van der Waals surface area contributed by atoms with Gasteiger partial charge in [-0.3, -0.25) is 4.79 Å². The molecule has 0 saturated carbocycles. The molecule has 0 aromatic rings. The van der Waals surface area contributed by atoms with Crippen LogP contribution < -0.4 is 10.6 Å². The van der Waals surface area contributed by atoms with Crippen LogP contribution in [0.1, 0.15) is 40.0 Å². The molecule has 0 aromatic heterocycles. The molecule has 4 heteroatoms. The van der Waals surface area contributed by atoms with E-state index in [1.54, 1.807) is 0 Å². The molecule has 0 radical (unpaired) electrons. The van der Waals surface area contributed by atoms with Crippen LogP contribution in [-0.4, -0.2) is 38.3 Å². The molecule has 0 aromatic carbocycles. The van der Waals surface area contributed by atoms with Crippen LogP contribution >= 0.6 is 0 Å². The summed E-state index contributed by atoms with van der Waals surface area (Å²) in [5.74, 6) is 0.203. The number of nitrogens with one attached hydrogen (secondary N) is 2. The standard InChI is InChI=1S/C13H26N2O2/c1-4-13(6-8-14-9-7-13)12(16)15-11(3)10-17-5-2/h11,14H,4-10H2,1-3H3,(H,15,16). The minimum atomic E-state index is -0.161. The fourth-order valence-electron chi connectivity index (χ4n) is 2.36. The Kier molecular flexibility index (Phi) is 5.92. The Bertz CT molecular complexity index is 238. The van der Waals surface area contributed by atoms with Gasteiger partial charge in [-0.25, -0.2) is 0 Å². The highest BCUT2D eigenvalue weighted by Gasteiger charge is 2.37. The van der Waals surface area contributed by atoms with Crippen LogP contribution in [0.15, 0.2) is 0 Å². The highest BCUT2D eigenvalue weighted by molar-refractivity contribution is 5.83. The van der Waals surface area contributed by atoms with Gasteiger partial charge in [-0.1, -0.05) is 6.92 Å². The fraction of sp³-hybridized carbons (Fsp3) is 0.923. The van der Waals surface area contributed by atoms with E-state index in [0.717, 1.165) is 32.4 Å². The molecule has 0 spiro atoms. The molecule has 100 valence electrons. The lowest BCUT2D eigenvalue weighted by Gasteiger charge is -2.36. The zero-order valence-electron chi connectivity index (χ0n) is 11.3. The van der Waals surface area contributed by atoms with Crippen LogP contribution in [0.25, 0.3) is 0 Å².